The lowest BCUT2D eigenvalue weighted by atomic mass is 9.79. The van der Waals surface area contributed by atoms with E-state index in [1.807, 2.05) is 0 Å². The Bertz CT molecular complexity index is 350. The molecule has 0 N–H and O–H groups in total. The van der Waals surface area contributed by atoms with Crippen molar-refractivity contribution in [2.75, 3.05) is 0 Å². The standard InChI is InChI=1S/C13H14/c1-2-6-12-10(4-1)8-9-11-5-3-7-13(11)12/h3,5-6,8-10H,1-2,4,7H2. The largest absolute Gasteiger partial charge is 0.0804 e. The maximum atomic E-state index is 2.46. The summed E-state index contributed by atoms with van der Waals surface area (Å²) < 4.78 is 0. The zero-order valence-corrected chi connectivity index (χ0v) is 7.79. The first kappa shape index (κ1) is 7.37. The molecule has 0 nitrogen and oxygen atoms in total. The SMILES string of the molecule is C1=CC2=C(C1)C1=CCCCC1C=C2. The third-order valence-electron chi connectivity index (χ3n) is 3.31. The molecule has 0 aliphatic heterocycles. The third-order valence-corrected chi connectivity index (χ3v) is 3.31. The van der Waals surface area contributed by atoms with E-state index in [2.05, 4.69) is 30.4 Å². The molecule has 0 radical (unpaired) electrons. The van der Waals surface area contributed by atoms with Gasteiger partial charge in [0.25, 0.3) is 0 Å². The highest BCUT2D eigenvalue weighted by atomic mass is 14.3. The van der Waals surface area contributed by atoms with Crippen LogP contribution < -0.4 is 0 Å². The Balaban J connectivity index is 2.07. The van der Waals surface area contributed by atoms with Crippen LogP contribution in [0.1, 0.15) is 25.7 Å². The summed E-state index contributed by atoms with van der Waals surface area (Å²) in [6.45, 7) is 0. The number of rotatable bonds is 0. The fourth-order valence-electron chi connectivity index (χ4n) is 2.63. The molecule has 1 atom stereocenters. The second-order valence-corrected chi connectivity index (χ2v) is 4.10. The summed E-state index contributed by atoms with van der Waals surface area (Å²) in [6.07, 6.45) is 16.9. The van der Waals surface area contributed by atoms with Crippen molar-refractivity contribution in [3.05, 3.63) is 47.1 Å². The summed E-state index contributed by atoms with van der Waals surface area (Å²) in [7, 11) is 0. The zero-order chi connectivity index (χ0) is 8.67. The van der Waals surface area contributed by atoms with Crippen molar-refractivity contribution in [1.29, 1.82) is 0 Å². The van der Waals surface area contributed by atoms with Gasteiger partial charge in [0.2, 0.25) is 0 Å². The maximum absolute atomic E-state index is 2.46. The van der Waals surface area contributed by atoms with Crippen LogP contribution in [0, 0.1) is 5.92 Å². The molecule has 66 valence electrons. The van der Waals surface area contributed by atoms with Crippen molar-refractivity contribution in [2.24, 2.45) is 5.92 Å². The summed E-state index contributed by atoms with van der Waals surface area (Å²) in [5.74, 6) is 0.743. The van der Waals surface area contributed by atoms with Crippen LogP contribution in [0.15, 0.2) is 47.1 Å². The lowest BCUT2D eigenvalue weighted by Gasteiger charge is -2.26. The molecule has 0 aromatic carbocycles. The van der Waals surface area contributed by atoms with Gasteiger partial charge in [0.05, 0.1) is 0 Å². The maximum Gasteiger partial charge on any atom is 0.00213 e. The molecule has 0 saturated heterocycles. The van der Waals surface area contributed by atoms with Gasteiger partial charge in [-0.05, 0) is 42.4 Å². The first-order valence-electron chi connectivity index (χ1n) is 5.23. The molecule has 3 aliphatic rings. The third kappa shape index (κ3) is 1.05. The van der Waals surface area contributed by atoms with Crippen LogP contribution in [0.5, 0.6) is 0 Å². The van der Waals surface area contributed by atoms with Gasteiger partial charge in [-0.15, -0.1) is 0 Å². The van der Waals surface area contributed by atoms with E-state index < -0.39 is 0 Å². The van der Waals surface area contributed by atoms with Crippen LogP contribution in [0.2, 0.25) is 0 Å². The highest BCUT2D eigenvalue weighted by Crippen LogP contribution is 2.40. The van der Waals surface area contributed by atoms with Crippen molar-refractivity contribution in [2.45, 2.75) is 25.7 Å². The summed E-state index contributed by atoms with van der Waals surface area (Å²) in [5, 5.41) is 0. The second kappa shape index (κ2) is 2.73. The number of fused-ring (bicyclic) bond motifs is 2. The van der Waals surface area contributed by atoms with Gasteiger partial charge in [0, 0.05) is 5.92 Å². The van der Waals surface area contributed by atoms with E-state index in [4.69, 9.17) is 0 Å². The minimum atomic E-state index is 0.743. The summed E-state index contributed by atoms with van der Waals surface area (Å²) in [4.78, 5) is 0. The predicted molar refractivity (Wildman–Crippen MR) is 55.3 cm³/mol. The van der Waals surface area contributed by atoms with E-state index >= 15 is 0 Å². The molecule has 13 heavy (non-hydrogen) atoms. The fraction of sp³-hybridized carbons (Fsp3) is 0.385. The topological polar surface area (TPSA) is 0 Å². The monoisotopic (exact) mass is 170 g/mol. The van der Waals surface area contributed by atoms with Crippen molar-refractivity contribution in [3.8, 4) is 0 Å². The Morgan fingerprint density at radius 3 is 3.23 bits per heavy atom. The van der Waals surface area contributed by atoms with Crippen LogP contribution in [-0.2, 0) is 0 Å². The van der Waals surface area contributed by atoms with E-state index in [1.54, 1.807) is 11.1 Å². The molecule has 0 spiro atoms. The Kier molecular flexibility index (Phi) is 1.55. The van der Waals surface area contributed by atoms with Gasteiger partial charge < -0.3 is 0 Å². The zero-order valence-electron chi connectivity index (χ0n) is 7.79. The first-order chi connectivity index (χ1) is 6.45. The Morgan fingerprint density at radius 2 is 2.23 bits per heavy atom. The van der Waals surface area contributed by atoms with E-state index in [0.29, 0.717) is 0 Å². The quantitative estimate of drug-likeness (QED) is 0.521. The fourth-order valence-corrected chi connectivity index (χ4v) is 2.63. The van der Waals surface area contributed by atoms with E-state index in [-0.39, 0.29) is 0 Å². The van der Waals surface area contributed by atoms with Gasteiger partial charge in [-0.25, -0.2) is 0 Å². The van der Waals surface area contributed by atoms with Gasteiger partial charge in [0.15, 0.2) is 0 Å². The van der Waals surface area contributed by atoms with Crippen molar-refractivity contribution in [1.82, 2.24) is 0 Å². The van der Waals surface area contributed by atoms with Gasteiger partial charge in [-0.1, -0.05) is 30.4 Å². The van der Waals surface area contributed by atoms with E-state index in [9.17, 15) is 0 Å². The first-order valence-corrected chi connectivity index (χ1v) is 5.23. The van der Waals surface area contributed by atoms with Crippen molar-refractivity contribution in [3.63, 3.8) is 0 Å². The smallest absolute Gasteiger partial charge is 0.00213 e. The van der Waals surface area contributed by atoms with Gasteiger partial charge in [0.1, 0.15) is 0 Å². The van der Waals surface area contributed by atoms with Crippen LogP contribution >= 0.6 is 0 Å². The molecule has 0 heteroatoms. The van der Waals surface area contributed by atoms with Crippen LogP contribution in [-0.4, -0.2) is 0 Å². The summed E-state index contributed by atoms with van der Waals surface area (Å²) >= 11 is 0. The van der Waals surface area contributed by atoms with Gasteiger partial charge >= 0.3 is 0 Å². The molecule has 3 rings (SSSR count). The second-order valence-electron chi connectivity index (χ2n) is 4.10. The molecule has 0 amide bonds. The summed E-state index contributed by atoms with van der Waals surface area (Å²) in [6, 6.07) is 0. The average Bonchev–Trinajstić information content (AvgIpc) is 2.65. The molecule has 0 aromatic heterocycles. The van der Waals surface area contributed by atoms with Gasteiger partial charge in [-0.2, -0.15) is 0 Å². The molecular formula is C13H14. The molecule has 1 unspecified atom stereocenters. The number of hydrogen-bond donors (Lipinski definition) is 0. The lowest BCUT2D eigenvalue weighted by molar-refractivity contribution is 0.597. The molecule has 0 heterocycles. The molecule has 0 fully saturated rings. The minimum absolute atomic E-state index is 0.743. The molecular weight excluding hydrogens is 156 g/mol. The molecule has 0 aromatic rings. The Morgan fingerprint density at radius 1 is 1.23 bits per heavy atom. The van der Waals surface area contributed by atoms with Crippen LogP contribution in [0.3, 0.4) is 0 Å². The van der Waals surface area contributed by atoms with Crippen LogP contribution in [0.25, 0.3) is 0 Å². The molecule has 0 bridgehead atoms. The molecule has 0 saturated carbocycles. The number of allylic oxidation sites excluding steroid dienone is 8. The van der Waals surface area contributed by atoms with E-state index in [1.165, 1.54) is 31.3 Å². The van der Waals surface area contributed by atoms with Crippen molar-refractivity contribution < 1.29 is 0 Å². The minimum Gasteiger partial charge on any atom is -0.0804 e. The van der Waals surface area contributed by atoms with Crippen molar-refractivity contribution >= 4 is 0 Å². The number of hydrogen-bond acceptors (Lipinski definition) is 0. The summed E-state index contributed by atoms with van der Waals surface area (Å²) in [5.41, 5.74) is 4.70. The highest BCUT2D eigenvalue weighted by molar-refractivity contribution is 5.55. The molecule has 3 aliphatic carbocycles. The normalized spacial score (nSPS) is 30.2. The average molecular weight is 170 g/mol. The Labute approximate surface area is 79.3 Å². The van der Waals surface area contributed by atoms with Gasteiger partial charge in [-0.3, -0.25) is 0 Å². The predicted octanol–water partition coefficient (Wildman–Crippen LogP) is 3.54. The van der Waals surface area contributed by atoms with Crippen LogP contribution in [0.4, 0.5) is 0 Å². The Hall–Kier alpha value is -1.04. The van der Waals surface area contributed by atoms with E-state index in [0.717, 1.165) is 5.92 Å². The lowest BCUT2D eigenvalue weighted by Crippen LogP contribution is -2.11. The highest BCUT2D eigenvalue weighted by Gasteiger charge is 2.23.